The number of ether oxygens (including phenoxy) is 1. The Labute approximate surface area is 103 Å². The summed E-state index contributed by atoms with van der Waals surface area (Å²) in [5, 5.41) is 11.0. The summed E-state index contributed by atoms with van der Waals surface area (Å²) in [4.78, 5) is 21.8. The number of rotatable bonds is 8. The zero-order valence-corrected chi connectivity index (χ0v) is 11.0. The van der Waals surface area contributed by atoms with Gasteiger partial charge in [0.2, 0.25) is 5.91 Å². The van der Waals surface area contributed by atoms with Crippen LogP contribution in [0.5, 0.6) is 0 Å². The molecule has 0 bridgehead atoms. The van der Waals surface area contributed by atoms with E-state index in [2.05, 4.69) is 19.2 Å². The van der Waals surface area contributed by atoms with Crippen LogP contribution in [-0.4, -0.2) is 35.7 Å². The fraction of sp³-hybridized carbons (Fsp3) is 0.833. The molecule has 0 spiro atoms. The van der Waals surface area contributed by atoms with E-state index in [0.717, 1.165) is 6.42 Å². The Morgan fingerprint density at radius 2 is 1.82 bits per heavy atom. The number of nitrogens with one attached hydrogen (secondary N) is 1. The molecule has 2 atom stereocenters. The van der Waals surface area contributed by atoms with E-state index in [4.69, 9.17) is 9.84 Å². The molecule has 0 heterocycles. The molecule has 5 nitrogen and oxygen atoms in total. The van der Waals surface area contributed by atoms with Crippen LogP contribution in [0.15, 0.2) is 0 Å². The molecule has 0 aromatic rings. The second-order valence-electron chi connectivity index (χ2n) is 4.69. The highest BCUT2D eigenvalue weighted by molar-refractivity contribution is 5.83. The Hall–Kier alpha value is -1.10. The van der Waals surface area contributed by atoms with Crippen LogP contribution in [0.25, 0.3) is 0 Å². The zero-order valence-electron chi connectivity index (χ0n) is 11.0. The van der Waals surface area contributed by atoms with E-state index in [1.807, 2.05) is 6.92 Å². The molecule has 17 heavy (non-hydrogen) atoms. The predicted octanol–water partition coefficient (Wildman–Crippen LogP) is 1.42. The zero-order chi connectivity index (χ0) is 13.4. The lowest BCUT2D eigenvalue weighted by molar-refractivity contribution is -0.141. The molecule has 0 saturated heterocycles. The Morgan fingerprint density at radius 3 is 2.29 bits per heavy atom. The third kappa shape index (κ3) is 8.68. The van der Waals surface area contributed by atoms with Crippen molar-refractivity contribution in [3.63, 3.8) is 0 Å². The first kappa shape index (κ1) is 15.9. The van der Waals surface area contributed by atoms with Crippen molar-refractivity contribution in [1.82, 2.24) is 5.32 Å². The molecule has 5 heteroatoms. The molecule has 2 N–H and O–H groups in total. The number of carbonyl (C=O) groups excluding carboxylic acids is 1. The summed E-state index contributed by atoms with van der Waals surface area (Å²) in [7, 11) is 0. The highest BCUT2D eigenvalue weighted by Crippen LogP contribution is 2.07. The lowest BCUT2D eigenvalue weighted by Gasteiger charge is -2.15. The number of aliphatic carboxylic acids is 1. The number of amides is 1. The van der Waals surface area contributed by atoms with E-state index in [9.17, 15) is 9.59 Å². The van der Waals surface area contributed by atoms with Crippen LogP contribution < -0.4 is 5.32 Å². The van der Waals surface area contributed by atoms with Crippen LogP contribution in [-0.2, 0) is 14.3 Å². The summed E-state index contributed by atoms with van der Waals surface area (Å²) < 4.78 is 5.46. The van der Waals surface area contributed by atoms with Crippen LogP contribution in [0, 0.1) is 5.92 Å². The van der Waals surface area contributed by atoms with E-state index in [-0.39, 0.29) is 18.4 Å². The van der Waals surface area contributed by atoms with Gasteiger partial charge < -0.3 is 15.2 Å². The monoisotopic (exact) mass is 245 g/mol. The first-order valence-electron chi connectivity index (χ1n) is 5.96. The fourth-order valence-corrected chi connectivity index (χ4v) is 1.46. The minimum absolute atomic E-state index is 0.125. The average molecular weight is 245 g/mol. The maximum Gasteiger partial charge on any atom is 0.325 e. The van der Waals surface area contributed by atoms with Crippen molar-refractivity contribution >= 4 is 11.9 Å². The molecular formula is C12H23NO4. The van der Waals surface area contributed by atoms with Crippen LogP contribution in [0.1, 0.15) is 40.5 Å². The molecule has 0 aliphatic carbocycles. The molecule has 1 unspecified atom stereocenters. The van der Waals surface area contributed by atoms with E-state index in [1.54, 1.807) is 0 Å². The molecule has 1 amide bonds. The topological polar surface area (TPSA) is 75.6 Å². The molecular weight excluding hydrogens is 222 g/mol. The van der Waals surface area contributed by atoms with Gasteiger partial charge >= 0.3 is 5.97 Å². The second-order valence-corrected chi connectivity index (χ2v) is 4.69. The van der Waals surface area contributed by atoms with Crippen molar-refractivity contribution < 1.29 is 19.4 Å². The van der Waals surface area contributed by atoms with Gasteiger partial charge in [-0.1, -0.05) is 13.8 Å². The van der Waals surface area contributed by atoms with Gasteiger partial charge in [-0.15, -0.1) is 0 Å². The number of hydrogen-bond donors (Lipinski definition) is 2. The first-order chi connectivity index (χ1) is 7.82. The molecule has 0 radical (unpaired) electrons. The Bertz CT molecular complexity index is 253. The van der Waals surface area contributed by atoms with Crippen molar-refractivity contribution in [2.75, 3.05) is 6.61 Å². The summed E-state index contributed by atoms with van der Waals surface area (Å²) in [6.45, 7) is 7.95. The van der Waals surface area contributed by atoms with Crippen molar-refractivity contribution in [1.29, 1.82) is 0 Å². The van der Waals surface area contributed by atoms with E-state index in [1.165, 1.54) is 6.92 Å². The standard InChI is InChI=1S/C12H23NO4/c1-8(2)7-9(3)17-6-5-11(14)13-10(4)12(15)16/h8-10H,5-7H2,1-4H3,(H,13,14)(H,15,16)/t9?,10-/m1/s1. The number of carboxylic acids is 1. The van der Waals surface area contributed by atoms with E-state index in [0.29, 0.717) is 12.5 Å². The molecule has 100 valence electrons. The van der Waals surface area contributed by atoms with Crippen molar-refractivity contribution in [3.05, 3.63) is 0 Å². The smallest absolute Gasteiger partial charge is 0.325 e. The molecule has 0 aliphatic heterocycles. The van der Waals surface area contributed by atoms with Crippen molar-refractivity contribution in [2.24, 2.45) is 5.92 Å². The van der Waals surface area contributed by atoms with Gasteiger partial charge in [-0.05, 0) is 26.2 Å². The molecule has 0 fully saturated rings. The van der Waals surface area contributed by atoms with Gasteiger partial charge in [0, 0.05) is 6.42 Å². The SMILES string of the molecule is CC(C)CC(C)OCCC(=O)N[C@H](C)C(=O)O. The molecule has 0 saturated carbocycles. The number of carboxylic acid groups (broad SMARTS) is 1. The maximum absolute atomic E-state index is 11.3. The van der Waals surface area contributed by atoms with Crippen LogP contribution in [0.3, 0.4) is 0 Å². The highest BCUT2D eigenvalue weighted by Gasteiger charge is 2.14. The van der Waals surface area contributed by atoms with Gasteiger partial charge in [-0.2, -0.15) is 0 Å². The number of hydrogen-bond acceptors (Lipinski definition) is 3. The minimum Gasteiger partial charge on any atom is -0.480 e. The summed E-state index contributed by atoms with van der Waals surface area (Å²) in [6, 6.07) is -0.851. The lowest BCUT2D eigenvalue weighted by atomic mass is 10.1. The third-order valence-electron chi connectivity index (χ3n) is 2.28. The molecule has 0 aliphatic rings. The van der Waals surface area contributed by atoms with Crippen LogP contribution in [0.4, 0.5) is 0 Å². The van der Waals surface area contributed by atoms with E-state index >= 15 is 0 Å². The summed E-state index contributed by atoms with van der Waals surface area (Å²) in [5.41, 5.74) is 0. The maximum atomic E-state index is 11.3. The molecule has 0 rings (SSSR count). The summed E-state index contributed by atoms with van der Waals surface area (Å²) >= 11 is 0. The van der Waals surface area contributed by atoms with Gasteiger partial charge in [0.05, 0.1) is 12.7 Å². The Morgan fingerprint density at radius 1 is 1.24 bits per heavy atom. The fourth-order valence-electron chi connectivity index (χ4n) is 1.46. The first-order valence-corrected chi connectivity index (χ1v) is 5.96. The van der Waals surface area contributed by atoms with Crippen LogP contribution in [0.2, 0.25) is 0 Å². The van der Waals surface area contributed by atoms with Gasteiger partial charge in [0.1, 0.15) is 6.04 Å². The van der Waals surface area contributed by atoms with E-state index < -0.39 is 12.0 Å². The van der Waals surface area contributed by atoms with Crippen molar-refractivity contribution in [2.45, 2.75) is 52.7 Å². The Balaban J connectivity index is 3.68. The predicted molar refractivity (Wildman–Crippen MR) is 64.7 cm³/mol. The minimum atomic E-state index is -1.03. The van der Waals surface area contributed by atoms with Gasteiger partial charge in [0.15, 0.2) is 0 Å². The average Bonchev–Trinajstić information content (AvgIpc) is 2.15. The van der Waals surface area contributed by atoms with Crippen LogP contribution >= 0.6 is 0 Å². The molecule has 0 aromatic heterocycles. The third-order valence-corrected chi connectivity index (χ3v) is 2.28. The van der Waals surface area contributed by atoms with Gasteiger partial charge in [-0.25, -0.2) is 0 Å². The van der Waals surface area contributed by atoms with Gasteiger partial charge in [-0.3, -0.25) is 9.59 Å². The second kappa shape index (κ2) is 8.06. The van der Waals surface area contributed by atoms with Crippen molar-refractivity contribution in [3.8, 4) is 0 Å². The largest absolute Gasteiger partial charge is 0.480 e. The lowest BCUT2D eigenvalue weighted by Crippen LogP contribution is -2.38. The summed E-state index contributed by atoms with van der Waals surface area (Å²) in [5.74, 6) is -0.769. The quantitative estimate of drug-likeness (QED) is 0.678. The summed E-state index contributed by atoms with van der Waals surface area (Å²) in [6.07, 6.45) is 1.27. The molecule has 0 aromatic carbocycles. The highest BCUT2D eigenvalue weighted by atomic mass is 16.5. The number of carbonyl (C=O) groups is 2. The normalized spacial score (nSPS) is 14.4. The Kier molecular flexibility index (Phi) is 7.54. The van der Waals surface area contributed by atoms with Gasteiger partial charge in [0.25, 0.3) is 0 Å².